The summed E-state index contributed by atoms with van der Waals surface area (Å²) in [6, 6.07) is 18.1. The Morgan fingerprint density at radius 2 is 1.88 bits per heavy atom. The summed E-state index contributed by atoms with van der Waals surface area (Å²) in [6.45, 7) is 0.576. The largest absolute Gasteiger partial charge is 0.361 e. The third-order valence-corrected chi connectivity index (χ3v) is 5.05. The van der Waals surface area contributed by atoms with E-state index in [9.17, 15) is 4.79 Å². The van der Waals surface area contributed by atoms with Gasteiger partial charge >= 0.3 is 0 Å². The fourth-order valence-corrected chi connectivity index (χ4v) is 3.73. The number of aromatic nitrogens is 2. The molecule has 0 aliphatic rings. The number of para-hydroxylation sites is 1. The zero-order valence-electron chi connectivity index (χ0n) is 13.5. The summed E-state index contributed by atoms with van der Waals surface area (Å²) in [7, 11) is 0. The number of fused-ring (bicyclic) bond motifs is 1. The second-order valence-electron chi connectivity index (χ2n) is 5.76. The number of hydrogen-bond acceptors (Lipinski definition) is 3. The lowest BCUT2D eigenvalue weighted by Crippen LogP contribution is -2.26. The summed E-state index contributed by atoms with van der Waals surface area (Å²) in [5.41, 5.74) is 5.56. The lowest BCUT2D eigenvalue weighted by Gasteiger charge is -2.05. The zero-order valence-corrected chi connectivity index (χ0v) is 14.3. The smallest absolute Gasteiger partial charge is 0.271 e. The number of carbonyl (C=O) groups is 1. The van der Waals surface area contributed by atoms with Crippen molar-refractivity contribution >= 4 is 28.1 Å². The highest BCUT2D eigenvalue weighted by molar-refractivity contribution is 7.13. The van der Waals surface area contributed by atoms with Crippen molar-refractivity contribution in [3.05, 3.63) is 77.6 Å². The van der Waals surface area contributed by atoms with Gasteiger partial charge in [0.05, 0.1) is 10.4 Å². The molecular weight excluding hydrogens is 330 g/mol. The van der Waals surface area contributed by atoms with E-state index in [2.05, 4.69) is 27.4 Å². The molecule has 0 unspecified atom stereocenters. The van der Waals surface area contributed by atoms with Crippen molar-refractivity contribution in [3.63, 3.8) is 0 Å². The molecule has 4 aromatic rings. The molecule has 124 valence electrons. The lowest BCUT2D eigenvalue weighted by molar-refractivity contribution is 0.0950. The number of nitrogens with one attached hydrogen (secondary N) is 2. The first kappa shape index (κ1) is 15.6. The van der Waals surface area contributed by atoms with Gasteiger partial charge in [0.1, 0.15) is 5.69 Å². The van der Waals surface area contributed by atoms with E-state index >= 15 is 0 Å². The normalized spacial score (nSPS) is 10.9. The number of carbonyl (C=O) groups excluding carboxylic acids is 1. The molecule has 2 heterocycles. The first-order chi connectivity index (χ1) is 12.3. The van der Waals surface area contributed by atoms with Crippen LogP contribution in [0.3, 0.4) is 0 Å². The van der Waals surface area contributed by atoms with E-state index in [1.807, 2.05) is 48.7 Å². The molecule has 0 saturated carbocycles. The van der Waals surface area contributed by atoms with Crippen molar-refractivity contribution in [1.29, 1.82) is 0 Å². The van der Waals surface area contributed by atoms with Crippen molar-refractivity contribution in [2.75, 3.05) is 6.54 Å². The summed E-state index contributed by atoms with van der Waals surface area (Å²) in [6.07, 6.45) is 2.79. The Morgan fingerprint density at radius 1 is 1.08 bits per heavy atom. The molecule has 0 spiro atoms. The van der Waals surface area contributed by atoms with Gasteiger partial charge in [0.15, 0.2) is 0 Å². The quantitative estimate of drug-likeness (QED) is 0.566. The zero-order chi connectivity index (χ0) is 17.1. The second-order valence-corrected chi connectivity index (χ2v) is 6.62. The van der Waals surface area contributed by atoms with Crippen LogP contribution in [0.1, 0.15) is 16.1 Å². The van der Waals surface area contributed by atoms with E-state index in [1.165, 1.54) is 22.3 Å². The minimum Gasteiger partial charge on any atom is -0.361 e. The van der Waals surface area contributed by atoms with E-state index in [0.29, 0.717) is 12.2 Å². The topological polar surface area (TPSA) is 57.8 Å². The fraction of sp³-hybridized carbons (Fsp3) is 0.100. The number of benzene rings is 2. The van der Waals surface area contributed by atoms with Crippen LogP contribution in [0.25, 0.3) is 21.3 Å². The summed E-state index contributed by atoms with van der Waals surface area (Å²) < 4.78 is 0. The molecule has 2 aromatic heterocycles. The van der Waals surface area contributed by atoms with Crippen molar-refractivity contribution in [2.24, 2.45) is 0 Å². The third kappa shape index (κ3) is 3.19. The van der Waals surface area contributed by atoms with Gasteiger partial charge in [0.2, 0.25) is 0 Å². The van der Waals surface area contributed by atoms with E-state index in [-0.39, 0.29) is 5.91 Å². The predicted octanol–water partition coefficient (Wildman–Crippen LogP) is 4.26. The van der Waals surface area contributed by atoms with Crippen LogP contribution in [0.2, 0.25) is 0 Å². The molecule has 4 rings (SSSR count). The second kappa shape index (κ2) is 6.91. The Bertz CT molecular complexity index is 1000. The van der Waals surface area contributed by atoms with Crippen LogP contribution in [0.5, 0.6) is 0 Å². The van der Waals surface area contributed by atoms with Gasteiger partial charge in [-0.1, -0.05) is 48.5 Å². The van der Waals surface area contributed by atoms with Gasteiger partial charge in [-0.25, -0.2) is 4.98 Å². The van der Waals surface area contributed by atoms with Gasteiger partial charge < -0.3 is 10.3 Å². The fourth-order valence-electron chi connectivity index (χ4n) is 2.94. The molecule has 0 bridgehead atoms. The van der Waals surface area contributed by atoms with Crippen molar-refractivity contribution in [2.45, 2.75) is 6.42 Å². The Balaban J connectivity index is 1.44. The number of aromatic amines is 1. The number of hydrogen-bond donors (Lipinski definition) is 2. The van der Waals surface area contributed by atoms with Gasteiger partial charge in [0.25, 0.3) is 5.91 Å². The third-order valence-electron chi connectivity index (χ3n) is 4.17. The SMILES string of the molecule is O=C(NCCc1c[nH]c2ccccc12)c1ncsc1-c1ccccc1. The monoisotopic (exact) mass is 347 g/mol. The molecular formula is C20H17N3OS. The summed E-state index contributed by atoms with van der Waals surface area (Å²) in [5.74, 6) is -0.125. The van der Waals surface area contributed by atoms with Gasteiger partial charge in [-0.05, 0) is 23.6 Å². The van der Waals surface area contributed by atoms with Crippen LogP contribution in [-0.4, -0.2) is 22.4 Å². The molecule has 0 saturated heterocycles. The molecule has 0 fully saturated rings. The van der Waals surface area contributed by atoms with Gasteiger partial charge in [-0.3, -0.25) is 4.79 Å². The number of rotatable bonds is 5. The molecule has 0 aliphatic heterocycles. The van der Waals surface area contributed by atoms with Crippen LogP contribution in [0.15, 0.2) is 66.3 Å². The molecule has 25 heavy (non-hydrogen) atoms. The molecule has 2 aromatic carbocycles. The van der Waals surface area contributed by atoms with Crippen LogP contribution >= 0.6 is 11.3 Å². The number of thiazole rings is 1. The van der Waals surface area contributed by atoms with E-state index in [4.69, 9.17) is 0 Å². The first-order valence-corrected chi connectivity index (χ1v) is 9.03. The molecule has 1 amide bonds. The maximum absolute atomic E-state index is 12.5. The molecule has 0 atom stereocenters. The van der Waals surface area contributed by atoms with Crippen LogP contribution in [0, 0.1) is 0 Å². The predicted molar refractivity (Wildman–Crippen MR) is 102 cm³/mol. The van der Waals surface area contributed by atoms with Crippen molar-refractivity contribution in [1.82, 2.24) is 15.3 Å². The molecule has 2 N–H and O–H groups in total. The summed E-state index contributed by atoms with van der Waals surface area (Å²) >= 11 is 1.49. The van der Waals surface area contributed by atoms with Crippen LogP contribution in [0.4, 0.5) is 0 Å². The Morgan fingerprint density at radius 3 is 2.76 bits per heavy atom. The Labute approximate surface area is 149 Å². The minimum absolute atomic E-state index is 0.125. The van der Waals surface area contributed by atoms with E-state index in [1.54, 1.807) is 5.51 Å². The molecule has 0 radical (unpaired) electrons. The standard InChI is InChI=1S/C20H17N3OS/c24-20(18-19(25-13-23-18)14-6-2-1-3-7-14)21-11-10-15-12-22-17-9-5-4-8-16(15)17/h1-9,12-13,22H,10-11H2,(H,21,24). The lowest BCUT2D eigenvalue weighted by atomic mass is 10.1. The maximum Gasteiger partial charge on any atom is 0.271 e. The summed E-state index contributed by atoms with van der Waals surface area (Å²) in [4.78, 5) is 20.9. The number of amides is 1. The number of nitrogens with zero attached hydrogens (tertiary/aromatic N) is 1. The van der Waals surface area contributed by atoms with E-state index in [0.717, 1.165) is 22.4 Å². The highest BCUT2D eigenvalue weighted by Crippen LogP contribution is 2.27. The minimum atomic E-state index is -0.125. The average molecular weight is 347 g/mol. The van der Waals surface area contributed by atoms with E-state index < -0.39 is 0 Å². The van der Waals surface area contributed by atoms with Gasteiger partial charge in [-0.2, -0.15) is 0 Å². The highest BCUT2D eigenvalue weighted by atomic mass is 32.1. The van der Waals surface area contributed by atoms with Crippen LogP contribution < -0.4 is 5.32 Å². The maximum atomic E-state index is 12.5. The average Bonchev–Trinajstić information content (AvgIpc) is 3.30. The summed E-state index contributed by atoms with van der Waals surface area (Å²) in [5, 5.41) is 4.19. The molecule has 4 nitrogen and oxygen atoms in total. The Kier molecular flexibility index (Phi) is 4.31. The van der Waals surface area contributed by atoms with Crippen LogP contribution in [-0.2, 0) is 6.42 Å². The van der Waals surface area contributed by atoms with Crippen molar-refractivity contribution in [3.8, 4) is 10.4 Å². The first-order valence-electron chi connectivity index (χ1n) is 8.15. The van der Waals surface area contributed by atoms with Crippen molar-refractivity contribution < 1.29 is 4.79 Å². The molecule has 5 heteroatoms. The highest BCUT2D eigenvalue weighted by Gasteiger charge is 2.16. The van der Waals surface area contributed by atoms with Gasteiger partial charge in [-0.15, -0.1) is 11.3 Å². The Hall–Kier alpha value is -2.92. The number of H-pyrrole nitrogens is 1. The van der Waals surface area contributed by atoms with Gasteiger partial charge in [0, 0.05) is 23.6 Å². The molecule has 0 aliphatic carbocycles.